The highest BCUT2D eigenvalue weighted by molar-refractivity contribution is 9.10. The molecule has 0 amide bonds. The Labute approximate surface area is 97.8 Å². The fraction of sp³-hybridized carbons (Fsp3) is 0.364. The first-order chi connectivity index (χ1) is 6.91. The molecule has 0 saturated carbocycles. The van der Waals surface area contributed by atoms with Gasteiger partial charge in [0.25, 0.3) is 0 Å². The second-order valence-corrected chi connectivity index (χ2v) is 4.62. The lowest BCUT2D eigenvalue weighted by molar-refractivity contribution is 0.0697. The zero-order valence-electron chi connectivity index (χ0n) is 8.99. The van der Waals surface area contributed by atoms with Gasteiger partial charge in [-0.3, -0.25) is 0 Å². The number of carboxylic acids is 1. The number of hydrogen-bond acceptors (Lipinski definition) is 2. The van der Waals surface area contributed by atoms with Crippen LogP contribution in [-0.2, 0) is 0 Å². The summed E-state index contributed by atoms with van der Waals surface area (Å²) in [7, 11) is 1.94. The highest BCUT2D eigenvalue weighted by atomic mass is 79.9. The van der Waals surface area contributed by atoms with E-state index in [1.165, 1.54) is 0 Å². The van der Waals surface area contributed by atoms with Crippen LogP contribution in [0.3, 0.4) is 0 Å². The van der Waals surface area contributed by atoms with E-state index in [2.05, 4.69) is 29.8 Å². The standard InChI is InChI=1S/C11H14BrNO2/c1-7(2)13(3)10-5-8(11(14)15)4-9(12)6-10/h4-7H,1-3H3,(H,14,15). The van der Waals surface area contributed by atoms with Crippen LogP contribution in [0, 0.1) is 0 Å². The largest absolute Gasteiger partial charge is 0.478 e. The lowest BCUT2D eigenvalue weighted by atomic mass is 10.2. The van der Waals surface area contributed by atoms with Crippen molar-refractivity contribution in [3.05, 3.63) is 28.2 Å². The van der Waals surface area contributed by atoms with Gasteiger partial charge in [0.15, 0.2) is 0 Å². The SMILES string of the molecule is CC(C)N(C)c1cc(Br)cc(C(=O)O)c1. The molecule has 0 aromatic heterocycles. The summed E-state index contributed by atoms with van der Waals surface area (Å²) in [6.45, 7) is 4.11. The molecule has 0 heterocycles. The molecule has 0 aliphatic carbocycles. The minimum absolute atomic E-state index is 0.298. The van der Waals surface area contributed by atoms with Gasteiger partial charge in [-0.15, -0.1) is 0 Å². The maximum Gasteiger partial charge on any atom is 0.335 e. The predicted octanol–water partition coefficient (Wildman–Crippen LogP) is 2.99. The third-order valence-corrected chi connectivity index (χ3v) is 2.77. The normalized spacial score (nSPS) is 10.5. The summed E-state index contributed by atoms with van der Waals surface area (Å²) in [5, 5.41) is 8.91. The van der Waals surface area contributed by atoms with Crippen molar-refractivity contribution in [1.29, 1.82) is 0 Å². The molecule has 0 bridgehead atoms. The Bertz CT molecular complexity index is 377. The Morgan fingerprint density at radius 2 is 2.00 bits per heavy atom. The summed E-state index contributed by atoms with van der Waals surface area (Å²) < 4.78 is 0.782. The second kappa shape index (κ2) is 4.66. The van der Waals surface area contributed by atoms with Gasteiger partial charge in [-0.2, -0.15) is 0 Å². The van der Waals surface area contributed by atoms with E-state index in [1.54, 1.807) is 12.1 Å². The molecule has 1 rings (SSSR count). The van der Waals surface area contributed by atoms with Gasteiger partial charge in [-0.25, -0.2) is 4.79 Å². The highest BCUT2D eigenvalue weighted by Crippen LogP contribution is 2.23. The number of nitrogens with zero attached hydrogens (tertiary/aromatic N) is 1. The summed E-state index contributed by atoms with van der Waals surface area (Å²) in [5.74, 6) is -0.908. The van der Waals surface area contributed by atoms with Gasteiger partial charge in [0.05, 0.1) is 5.56 Å². The van der Waals surface area contributed by atoms with Gasteiger partial charge in [0, 0.05) is 23.2 Å². The minimum atomic E-state index is -0.908. The Morgan fingerprint density at radius 1 is 1.40 bits per heavy atom. The number of aromatic carboxylic acids is 1. The number of anilines is 1. The molecule has 4 heteroatoms. The predicted molar refractivity (Wildman–Crippen MR) is 64.6 cm³/mol. The van der Waals surface area contributed by atoms with Crippen LogP contribution < -0.4 is 4.90 Å². The highest BCUT2D eigenvalue weighted by Gasteiger charge is 2.10. The fourth-order valence-corrected chi connectivity index (χ4v) is 1.68. The molecule has 0 aliphatic rings. The Hall–Kier alpha value is -1.03. The number of hydrogen-bond donors (Lipinski definition) is 1. The van der Waals surface area contributed by atoms with E-state index >= 15 is 0 Å². The maximum atomic E-state index is 10.9. The molecule has 0 atom stereocenters. The number of rotatable bonds is 3. The van der Waals surface area contributed by atoms with Crippen molar-refractivity contribution in [2.75, 3.05) is 11.9 Å². The first kappa shape index (κ1) is 12.0. The summed E-state index contributed by atoms with van der Waals surface area (Å²) in [6, 6.07) is 5.51. The average molecular weight is 272 g/mol. The van der Waals surface area contributed by atoms with Gasteiger partial charge in [0.2, 0.25) is 0 Å². The smallest absolute Gasteiger partial charge is 0.335 e. The van der Waals surface area contributed by atoms with Gasteiger partial charge in [0.1, 0.15) is 0 Å². The summed E-state index contributed by atoms with van der Waals surface area (Å²) in [6.07, 6.45) is 0. The van der Waals surface area contributed by atoms with E-state index in [0.717, 1.165) is 10.2 Å². The molecule has 0 fully saturated rings. The molecular formula is C11H14BrNO2. The van der Waals surface area contributed by atoms with Crippen molar-refractivity contribution in [3.8, 4) is 0 Å². The molecule has 0 unspecified atom stereocenters. The van der Waals surface area contributed by atoms with Crippen LogP contribution in [-0.4, -0.2) is 24.2 Å². The summed E-state index contributed by atoms with van der Waals surface area (Å²) in [4.78, 5) is 12.9. The van der Waals surface area contributed by atoms with E-state index < -0.39 is 5.97 Å². The molecule has 1 aromatic rings. The Balaban J connectivity index is 3.14. The van der Waals surface area contributed by atoms with Crippen LogP contribution in [0.1, 0.15) is 24.2 Å². The minimum Gasteiger partial charge on any atom is -0.478 e. The Kier molecular flexibility index (Phi) is 3.74. The molecular weight excluding hydrogens is 258 g/mol. The zero-order valence-corrected chi connectivity index (χ0v) is 10.6. The first-order valence-electron chi connectivity index (χ1n) is 4.68. The second-order valence-electron chi connectivity index (χ2n) is 3.71. The van der Waals surface area contributed by atoms with Crippen LogP contribution in [0.2, 0.25) is 0 Å². The van der Waals surface area contributed by atoms with E-state index in [1.807, 2.05) is 18.0 Å². The maximum absolute atomic E-state index is 10.9. The lowest BCUT2D eigenvalue weighted by Crippen LogP contribution is -2.25. The van der Waals surface area contributed by atoms with Crippen molar-refractivity contribution in [3.63, 3.8) is 0 Å². The van der Waals surface area contributed by atoms with E-state index in [4.69, 9.17) is 5.11 Å². The fourth-order valence-electron chi connectivity index (χ4n) is 1.20. The van der Waals surface area contributed by atoms with Gasteiger partial charge >= 0.3 is 5.97 Å². The number of carbonyl (C=O) groups is 1. The van der Waals surface area contributed by atoms with Crippen molar-refractivity contribution in [1.82, 2.24) is 0 Å². The summed E-state index contributed by atoms with van der Waals surface area (Å²) >= 11 is 3.31. The van der Waals surface area contributed by atoms with Gasteiger partial charge in [-0.05, 0) is 32.0 Å². The van der Waals surface area contributed by atoms with Crippen molar-refractivity contribution < 1.29 is 9.90 Å². The third kappa shape index (κ3) is 2.96. The third-order valence-electron chi connectivity index (χ3n) is 2.31. The van der Waals surface area contributed by atoms with Crippen molar-refractivity contribution in [2.24, 2.45) is 0 Å². The van der Waals surface area contributed by atoms with Crippen LogP contribution in [0.15, 0.2) is 22.7 Å². The van der Waals surface area contributed by atoms with Crippen molar-refractivity contribution in [2.45, 2.75) is 19.9 Å². The average Bonchev–Trinajstić information content (AvgIpc) is 2.15. The van der Waals surface area contributed by atoms with E-state index in [-0.39, 0.29) is 0 Å². The molecule has 0 radical (unpaired) electrons. The molecule has 1 aromatic carbocycles. The zero-order chi connectivity index (χ0) is 11.6. The molecule has 0 saturated heterocycles. The summed E-state index contributed by atoms with van der Waals surface area (Å²) in [5.41, 5.74) is 1.20. The monoisotopic (exact) mass is 271 g/mol. The van der Waals surface area contributed by atoms with Crippen LogP contribution in [0.25, 0.3) is 0 Å². The molecule has 0 aliphatic heterocycles. The first-order valence-corrected chi connectivity index (χ1v) is 5.48. The van der Waals surface area contributed by atoms with E-state index in [0.29, 0.717) is 11.6 Å². The van der Waals surface area contributed by atoms with Crippen LogP contribution in [0.4, 0.5) is 5.69 Å². The molecule has 15 heavy (non-hydrogen) atoms. The number of benzene rings is 1. The van der Waals surface area contributed by atoms with Crippen LogP contribution >= 0.6 is 15.9 Å². The van der Waals surface area contributed by atoms with Gasteiger partial charge < -0.3 is 10.0 Å². The van der Waals surface area contributed by atoms with Gasteiger partial charge in [-0.1, -0.05) is 15.9 Å². The molecule has 3 nitrogen and oxygen atoms in total. The lowest BCUT2D eigenvalue weighted by Gasteiger charge is -2.24. The topological polar surface area (TPSA) is 40.5 Å². The van der Waals surface area contributed by atoms with Crippen molar-refractivity contribution >= 4 is 27.6 Å². The molecule has 82 valence electrons. The molecule has 1 N–H and O–H groups in total. The van der Waals surface area contributed by atoms with Crippen LogP contribution in [0.5, 0.6) is 0 Å². The molecule has 0 spiro atoms. The quantitative estimate of drug-likeness (QED) is 0.919. The number of halogens is 1. The van der Waals surface area contributed by atoms with E-state index in [9.17, 15) is 4.79 Å². The Morgan fingerprint density at radius 3 is 2.47 bits per heavy atom. The number of carboxylic acid groups (broad SMARTS) is 1.